The second kappa shape index (κ2) is 5.66. The molecular weight excluding hydrogens is 342 g/mol. The second-order valence-electron chi connectivity index (χ2n) is 7.73. The van der Waals surface area contributed by atoms with Gasteiger partial charge in [-0.15, -0.1) is 0 Å². The van der Waals surface area contributed by atoms with Gasteiger partial charge in [0.25, 0.3) is 0 Å². The summed E-state index contributed by atoms with van der Waals surface area (Å²) in [6.45, 7) is 1.62. The zero-order valence-electron chi connectivity index (χ0n) is 12.9. The van der Waals surface area contributed by atoms with Crippen molar-refractivity contribution in [2.75, 3.05) is 6.54 Å². The molecule has 4 bridgehead atoms. The molecule has 4 aliphatic carbocycles. The van der Waals surface area contributed by atoms with Crippen molar-refractivity contribution in [1.82, 2.24) is 15.1 Å². The molecule has 5 rings (SSSR count). The molecule has 1 amide bonds. The van der Waals surface area contributed by atoms with Crippen molar-refractivity contribution >= 4 is 21.8 Å². The summed E-state index contributed by atoms with van der Waals surface area (Å²) < 4.78 is 2.92. The minimum absolute atomic E-state index is 0.0104. The van der Waals surface area contributed by atoms with Gasteiger partial charge in [0.1, 0.15) is 0 Å². The van der Waals surface area contributed by atoms with Crippen LogP contribution in [0.5, 0.6) is 0 Å². The van der Waals surface area contributed by atoms with E-state index in [1.165, 1.54) is 19.3 Å². The molecule has 4 fully saturated rings. The number of rotatable bonds is 5. The summed E-state index contributed by atoms with van der Waals surface area (Å²) in [7, 11) is 0. The maximum Gasteiger partial charge on any atom is 0.226 e. The van der Waals surface area contributed by atoms with Crippen LogP contribution in [0.3, 0.4) is 0 Å². The molecule has 0 atom stereocenters. The second-order valence-corrected chi connectivity index (χ2v) is 8.64. The van der Waals surface area contributed by atoms with Crippen LogP contribution in [0.25, 0.3) is 0 Å². The first kappa shape index (κ1) is 14.7. The highest BCUT2D eigenvalue weighted by Crippen LogP contribution is 2.60. The molecule has 120 valence electrons. The number of hydrogen-bond donors (Lipinski definition) is 1. The standard InChI is InChI=1S/C17H24BrN3O/c18-15-10-20-21(11-15)3-1-2-19-16(22)17-7-12-4-13(8-17)6-14(5-12)9-17/h10-14H,1-9H2,(H,19,22). The van der Waals surface area contributed by atoms with Crippen LogP contribution in [-0.2, 0) is 11.3 Å². The number of aryl methyl sites for hydroxylation is 1. The number of aromatic nitrogens is 2. The summed E-state index contributed by atoms with van der Waals surface area (Å²) in [5, 5.41) is 7.47. The Labute approximate surface area is 140 Å². The van der Waals surface area contributed by atoms with Gasteiger partial charge in [0.2, 0.25) is 5.91 Å². The van der Waals surface area contributed by atoms with Gasteiger partial charge in [0.15, 0.2) is 0 Å². The minimum Gasteiger partial charge on any atom is -0.356 e. The topological polar surface area (TPSA) is 46.9 Å². The van der Waals surface area contributed by atoms with Crippen LogP contribution >= 0.6 is 15.9 Å². The lowest BCUT2D eigenvalue weighted by Crippen LogP contribution is -2.53. The number of amides is 1. The molecule has 22 heavy (non-hydrogen) atoms. The predicted molar refractivity (Wildman–Crippen MR) is 88.2 cm³/mol. The van der Waals surface area contributed by atoms with Crippen molar-refractivity contribution < 1.29 is 4.79 Å². The largest absolute Gasteiger partial charge is 0.356 e. The van der Waals surface area contributed by atoms with Crippen LogP contribution in [0.2, 0.25) is 0 Å². The first-order valence-electron chi connectivity index (χ1n) is 8.59. The summed E-state index contributed by atoms with van der Waals surface area (Å²) in [4.78, 5) is 12.8. The van der Waals surface area contributed by atoms with E-state index in [9.17, 15) is 4.79 Å². The van der Waals surface area contributed by atoms with E-state index in [1.54, 1.807) is 6.20 Å². The summed E-state index contributed by atoms with van der Waals surface area (Å²) >= 11 is 3.40. The fourth-order valence-corrected chi connectivity index (χ4v) is 5.81. The zero-order chi connectivity index (χ0) is 15.2. The van der Waals surface area contributed by atoms with Gasteiger partial charge < -0.3 is 5.32 Å². The van der Waals surface area contributed by atoms with Gasteiger partial charge in [-0.1, -0.05) is 0 Å². The summed E-state index contributed by atoms with van der Waals surface area (Å²) in [5.41, 5.74) is -0.0104. The Bertz CT molecular complexity index is 533. The van der Waals surface area contributed by atoms with Gasteiger partial charge in [0.05, 0.1) is 10.7 Å². The first-order valence-corrected chi connectivity index (χ1v) is 9.38. The van der Waals surface area contributed by atoms with Gasteiger partial charge in [-0.3, -0.25) is 9.48 Å². The first-order chi connectivity index (χ1) is 10.6. The maximum absolute atomic E-state index is 12.8. The minimum atomic E-state index is -0.0104. The molecule has 1 aromatic heterocycles. The van der Waals surface area contributed by atoms with E-state index in [1.807, 2.05) is 10.9 Å². The molecule has 0 spiro atoms. The van der Waals surface area contributed by atoms with Crippen molar-refractivity contribution in [2.24, 2.45) is 23.2 Å². The lowest BCUT2D eigenvalue weighted by atomic mass is 9.49. The van der Waals surface area contributed by atoms with Crippen LogP contribution in [0, 0.1) is 23.2 Å². The summed E-state index contributed by atoms with van der Waals surface area (Å²) in [6, 6.07) is 0. The summed E-state index contributed by atoms with van der Waals surface area (Å²) in [6.07, 6.45) is 12.3. The normalized spacial score (nSPS) is 35.8. The van der Waals surface area contributed by atoms with Crippen LogP contribution in [0.15, 0.2) is 16.9 Å². The van der Waals surface area contributed by atoms with Crippen LogP contribution in [0.1, 0.15) is 44.9 Å². The predicted octanol–water partition coefficient (Wildman–Crippen LogP) is 3.37. The third-order valence-electron chi connectivity index (χ3n) is 5.97. The Balaban J connectivity index is 1.29. The quantitative estimate of drug-likeness (QED) is 0.813. The van der Waals surface area contributed by atoms with Gasteiger partial charge in [-0.05, 0) is 78.6 Å². The van der Waals surface area contributed by atoms with Crippen molar-refractivity contribution in [3.8, 4) is 0 Å². The number of carbonyl (C=O) groups is 1. The van der Waals surface area contributed by atoms with E-state index < -0.39 is 0 Å². The molecule has 4 nitrogen and oxygen atoms in total. The monoisotopic (exact) mass is 365 g/mol. The average molecular weight is 366 g/mol. The van der Waals surface area contributed by atoms with Crippen LogP contribution in [0.4, 0.5) is 0 Å². The van der Waals surface area contributed by atoms with E-state index >= 15 is 0 Å². The highest BCUT2D eigenvalue weighted by atomic mass is 79.9. The Morgan fingerprint density at radius 2 is 1.91 bits per heavy atom. The molecule has 0 aliphatic heterocycles. The molecule has 0 saturated heterocycles. The van der Waals surface area contributed by atoms with Crippen LogP contribution < -0.4 is 5.32 Å². The third kappa shape index (κ3) is 2.72. The SMILES string of the molecule is O=C(NCCCn1cc(Br)cn1)C12CC3CC(CC(C3)C1)C2. The highest BCUT2D eigenvalue weighted by Gasteiger charge is 2.54. The average Bonchev–Trinajstić information content (AvgIpc) is 2.87. The van der Waals surface area contributed by atoms with Crippen molar-refractivity contribution in [3.63, 3.8) is 0 Å². The molecular formula is C17H24BrN3O. The Hall–Kier alpha value is -0.840. The molecule has 0 radical (unpaired) electrons. The Morgan fingerprint density at radius 3 is 2.45 bits per heavy atom. The molecule has 5 heteroatoms. The van der Waals surface area contributed by atoms with Crippen LogP contribution in [-0.4, -0.2) is 22.2 Å². The molecule has 1 aromatic rings. The molecule has 1 heterocycles. The lowest BCUT2D eigenvalue weighted by Gasteiger charge is -2.55. The molecule has 0 aromatic carbocycles. The van der Waals surface area contributed by atoms with E-state index in [-0.39, 0.29) is 5.41 Å². The molecule has 4 saturated carbocycles. The van der Waals surface area contributed by atoms with E-state index in [2.05, 4.69) is 26.3 Å². The van der Waals surface area contributed by atoms with Gasteiger partial charge in [0, 0.05) is 24.7 Å². The lowest BCUT2D eigenvalue weighted by molar-refractivity contribution is -0.146. The third-order valence-corrected chi connectivity index (χ3v) is 6.38. The van der Waals surface area contributed by atoms with E-state index in [0.29, 0.717) is 5.91 Å². The fourth-order valence-electron chi connectivity index (χ4n) is 5.48. The number of nitrogens with zero attached hydrogens (tertiary/aromatic N) is 2. The van der Waals surface area contributed by atoms with Gasteiger partial charge in [-0.2, -0.15) is 5.10 Å². The molecule has 0 unspecified atom stereocenters. The van der Waals surface area contributed by atoms with Gasteiger partial charge >= 0.3 is 0 Å². The van der Waals surface area contributed by atoms with Crippen molar-refractivity contribution in [2.45, 2.75) is 51.5 Å². The molecule has 1 N–H and O–H groups in total. The fraction of sp³-hybridized carbons (Fsp3) is 0.765. The van der Waals surface area contributed by atoms with E-state index in [4.69, 9.17) is 0 Å². The smallest absolute Gasteiger partial charge is 0.226 e. The van der Waals surface area contributed by atoms with Gasteiger partial charge in [-0.25, -0.2) is 0 Å². The zero-order valence-corrected chi connectivity index (χ0v) is 14.5. The number of hydrogen-bond acceptors (Lipinski definition) is 2. The number of halogens is 1. The Kier molecular flexibility index (Phi) is 3.79. The number of nitrogens with one attached hydrogen (secondary N) is 1. The highest BCUT2D eigenvalue weighted by molar-refractivity contribution is 9.10. The van der Waals surface area contributed by atoms with E-state index in [0.717, 1.165) is 61.0 Å². The summed E-state index contributed by atoms with van der Waals surface area (Å²) in [5.74, 6) is 2.84. The van der Waals surface area contributed by atoms with Crippen molar-refractivity contribution in [1.29, 1.82) is 0 Å². The molecule has 4 aliphatic rings. The van der Waals surface area contributed by atoms with Crippen molar-refractivity contribution in [3.05, 3.63) is 16.9 Å². The maximum atomic E-state index is 12.8. The number of carbonyl (C=O) groups excluding carboxylic acids is 1. The Morgan fingerprint density at radius 1 is 1.27 bits per heavy atom.